The summed E-state index contributed by atoms with van der Waals surface area (Å²) in [6.45, 7) is 12.2. The maximum atomic E-state index is 13.2. The van der Waals surface area contributed by atoms with E-state index in [2.05, 4.69) is 34.6 Å². The predicted octanol–water partition coefficient (Wildman–Crippen LogP) is 6.26. The third kappa shape index (κ3) is 3.12. The van der Waals surface area contributed by atoms with E-state index in [1.807, 2.05) is 0 Å². The zero-order chi connectivity index (χ0) is 20.3. The zero-order valence-electron chi connectivity index (χ0n) is 19.0. The molecule has 10 atom stereocenters. The molecule has 0 aromatic carbocycles. The maximum absolute atomic E-state index is 13.2. The van der Waals surface area contributed by atoms with Crippen LogP contribution in [0.4, 0.5) is 0 Å². The molecule has 1 N–H and O–H groups in total. The van der Waals surface area contributed by atoms with Crippen LogP contribution in [0.3, 0.4) is 0 Å². The molecule has 4 fully saturated rings. The molecule has 0 aromatic rings. The fraction of sp³-hybridized carbons (Fsp3) is 0.962. The van der Waals surface area contributed by atoms with E-state index in [1.54, 1.807) is 0 Å². The van der Waals surface area contributed by atoms with Crippen molar-refractivity contribution >= 4 is 5.78 Å². The minimum absolute atomic E-state index is 0.0550. The highest BCUT2D eigenvalue weighted by Crippen LogP contribution is 2.67. The van der Waals surface area contributed by atoms with Crippen molar-refractivity contribution in [1.29, 1.82) is 0 Å². The molecule has 28 heavy (non-hydrogen) atoms. The predicted molar refractivity (Wildman–Crippen MR) is 115 cm³/mol. The molecule has 2 unspecified atom stereocenters. The van der Waals surface area contributed by atoms with E-state index in [-0.39, 0.29) is 17.4 Å². The second-order valence-corrected chi connectivity index (χ2v) is 12.0. The Labute approximate surface area is 173 Å². The molecule has 160 valence electrons. The number of aliphatic hydroxyl groups excluding tert-OH is 1. The standard InChI is InChI=1S/C26H44O2/c1-6-16(2)13-17(3)20-9-10-21-19-14-24(28)23-8-7-18(27)15-26(23,5)22(19)11-12-25(20,21)4/h16-23,27H,6-15H2,1-5H3/t16?,17?,18-,19-,20+,21-,22-,23+,25+,26+/m0/s1. The molecule has 4 aliphatic rings. The Morgan fingerprint density at radius 2 is 1.75 bits per heavy atom. The Hall–Kier alpha value is -0.370. The van der Waals surface area contributed by atoms with Gasteiger partial charge in [-0.05, 0) is 97.7 Å². The Morgan fingerprint density at radius 1 is 1.04 bits per heavy atom. The van der Waals surface area contributed by atoms with Gasteiger partial charge in [0.2, 0.25) is 0 Å². The minimum Gasteiger partial charge on any atom is -0.393 e. The molecule has 0 aromatic heterocycles. The lowest BCUT2D eigenvalue weighted by molar-refractivity contribution is -0.160. The lowest BCUT2D eigenvalue weighted by Gasteiger charge is -2.60. The van der Waals surface area contributed by atoms with Gasteiger partial charge in [0.05, 0.1) is 6.10 Å². The second kappa shape index (κ2) is 7.40. The van der Waals surface area contributed by atoms with Crippen LogP contribution in [0.2, 0.25) is 0 Å². The fourth-order valence-electron chi connectivity index (χ4n) is 9.09. The quantitative estimate of drug-likeness (QED) is 0.617. The Kier molecular flexibility index (Phi) is 5.52. The van der Waals surface area contributed by atoms with E-state index in [1.165, 1.54) is 38.5 Å². The van der Waals surface area contributed by atoms with Crippen LogP contribution in [0.25, 0.3) is 0 Å². The summed E-state index contributed by atoms with van der Waals surface area (Å²) in [7, 11) is 0. The van der Waals surface area contributed by atoms with Crippen molar-refractivity contribution in [2.24, 2.45) is 52.3 Å². The number of fused-ring (bicyclic) bond motifs is 5. The van der Waals surface area contributed by atoms with Crippen LogP contribution in [-0.4, -0.2) is 17.0 Å². The molecule has 0 saturated heterocycles. The van der Waals surface area contributed by atoms with Crippen molar-refractivity contribution in [3.05, 3.63) is 0 Å². The van der Waals surface area contributed by atoms with Crippen LogP contribution in [0.5, 0.6) is 0 Å². The molecule has 0 spiro atoms. The molecule has 4 saturated carbocycles. The molecule has 2 heteroatoms. The summed E-state index contributed by atoms with van der Waals surface area (Å²) in [5, 5.41) is 10.4. The van der Waals surface area contributed by atoms with Gasteiger partial charge in [-0.25, -0.2) is 0 Å². The van der Waals surface area contributed by atoms with E-state index in [9.17, 15) is 9.90 Å². The van der Waals surface area contributed by atoms with Gasteiger partial charge in [-0.1, -0.05) is 41.0 Å². The number of ketones is 1. The summed E-state index contributed by atoms with van der Waals surface area (Å²) in [4.78, 5) is 13.2. The van der Waals surface area contributed by atoms with Crippen LogP contribution >= 0.6 is 0 Å². The van der Waals surface area contributed by atoms with Crippen LogP contribution in [-0.2, 0) is 4.79 Å². The van der Waals surface area contributed by atoms with Gasteiger partial charge in [0.25, 0.3) is 0 Å². The summed E-state index contributed by atoms with van der Waals surface area (Å²) in [6.07, 6.45) is 11.3. The van der Waals surface area contributed by atoms with Crippen molar-refractivity contribution < 1.29 is 9.90 Å². The number of hydrogen-bond acceptors (Lipinski definition) is 2. The normalized spacial score (nSPS) is 50.4. The fourth-order valence-corrected chi connectivity index (χ4v) is 9.09. The lowest BCUT2D eigenvalue weighted by Crippen LogP contribution is -2.57. The molecular weight excluding hydrogens is 344 g/mol. The highest BCUT2D eigenvalue weighted by atomic mass is 16.3. The van der Waals surface area contributed by atoms with E-state index in [0.29, 0.717) is 23.0 Å². The smallest absolute Gasteiger partial charge is 0.136 e. The number of carbonyl (C=O) groups excluding carboxylic acids is 1. The van der Waals surface area contributed by atoms with Crippen LogP contribution < -0.4 is 0 Å². The number of Topliss-reactive ketones (excluding diaryl/α,β-unsaturated/α-hetero) is 1. The molecule has 0 bridgehead atoms. The van der Waals surface area contributed by atoms with Gasteiger partial charge >= 0.3 is 0 Å². The third-order valence-electron chi connectivity index (χ3n) is 10.6. The third-order valence-corrected chi connectivity index (χ3v) is 10.6. The van der Waals surface area contributed by atoms with E-state index in [0.717, 1.165) is 49.4 Å². The molecule has 0 aliphatic heterocycles. The number of rotatable bonds is 4. The van der Waals surface area contributed by atoms with Gasteiger partial charge in [0, 0.05) is 12.3 Å². The van der Waals surface area contributed by atoms with Gasteiger partial charge in [-0.2, -0.15) is 0 Å². The monoisotopic (exact) mass is 388 g/mol. The first-order valence-corrected chi connectivity index (χ1v) is 12.4. The van der Waals surface area contributed by atoms with Gasteiger partial charge in [-0.3, -0.25) is 4.79 Å². The highest BCUT2D eigenvalue weighted by Gasteiger charge is 2.62. The largest absolute Gasteiger partial charge is 0.393 e. The molecule has 0 amide bonds. The molecule has 0 radical (unpaired) electrons. The van der Waals surface area contributed by atoms with Crippen molar-refractivity contribution in [3.63, 3.8) is 0 Å². The van der Waals surface area contributed by atoms with Gasteiger partial charge in [0.1, 0.15) is 5.78 Å². The number of aliphatic hydroxyl groups is 1. The van der Waals surface area contributed by atoms with E-state index >= 15 is 0 Å². The summed E-state index contributed by atoms with van der Waals surface area (Å²) in [5.74, 6) is 5.21. The second-order valence-electron chi connectivity index (χ2n) is 12.0. The van der Waals surface area contributed by atoms with Crippen molar-refractivity contribution in [3.8, 4) is 0 Å². The van der Waals surface area contributed by atoms with Crippen LogP contribution in [0, 0.1) is 52.3 Å². The topological polar surface area (TPSA) is 37.3 Å². The Bertz CT molecular complexity index is 599. The van der Waals surface area contributed by atoms with E-state index < -0.39 is 0 Å². The van der Waals surface area contributed by atoms with Crippen LogP contribution in [0.1, 0.15) is 98.8 Å². The maximum Gasteiger partial charge on any atom is 0.136 e. The minimum atomic E-state index is -0.187. The van der Waals surface area contributed by atoms with Crippen molar-refractivity contribution in [1.82, 2.24) is 0 Å². The first-order chi connectivity index (χ1) is 13.2. The lowest BCUT2D eigenvalue weighted by atomic mass is 9.44. The summed E-state index contributed by atoms with van der Waals surface area (Å²) < 4.78 is 0. The Balaban J connectivity index is 1.57. The SMILES string of the molecule is CCC(C)CC(C)[C@H]1CC[C@H]2[C@@H]3CC(=O)[C@H]4CC[C@H](O)C[C@]4(C)[C@H]3CC[C@]12C. The molecule has 4 rings (SSSR count). The van der Waals surface area contributed by atoms with Gasteiger partial charge in [-0.15, -0.1) is 0 Å². The molecule has 4 aliphatic carbocycles. The summed E-state index contributed by atoms with van der Waals surface area (Å²) >= 11 is 0. The molecule has 2 nitrogen and oxygen atoms in total. The Morgan fingerprint density at radius 3 is 2.46 bits per heavy atom. The average Bonchev–Trinajstić information content (AvgIpc) is 2.98. The first kappa shape index (κ1) is 20.9. The van der Waals surface area contributed by atoms with Gasteiger partial charge in [0.15, 0.2) is 0 Å². The number of carbonyl (C=O) groups is 1. The van der Waals surface area contributed by atoms with Crippen molar-refractivity contribution in [2.45, 2.75) is 105 Å². The molecular formula is C26H44O2. The summed E-state index contributed by atoms with van der Waals surface area (Å²) in [5.41, 5.74) is 0.490. The first-order valence-electron chi connectivity index (χ1n) is 12.4. The van der Waals surface area contributed by atoms with Crippen molar-refractivity contribution in [2.75, 3.05) is 0 Å². The van der Waals surface area contributed by atoms with Gasteiger partial charge < -0.3 is 5.11 Å². The summed E-state index contributed by atoms with van der Waals surface area (Å²) in [6, 6.07) is 0. The van der Waals surface area contributed by atoms with E-state index in [4.69, 9.17) is 0 Å². The average molecular weight is 389 g/mol. The van der Waals surface area contributed by atoms with Crippen LogP contribution in [0.15, 0.2) is 0 Å². The molecule has 0 heterocycles. The highest BCUT2D eigenvalue weighted by molar-refractivity contribution is 5.83. The number of hydrogen-bond donors (Lipinski definition) is 1. The zero-order valence-corrected chi connectivity index (χ0v) is 19.0.